The lowest BCUT2D eigenvalue weighted by Gasteiger charge is -2.34. The van der Waals surface area contributed by atoms with Crippen LogP contribution in [0.5, 0.6) is 0 Å². The van der Waals surface area contributed by atoms with Gasteiger partial charge in [0.1, 0.15) is 15.7 Å². The summed E-state index contributed by atoms with van der Waals surface area (Å²) in [7, 11) is -2.97. The molecule has 2 aliphatic rings. The Labute approximate surface area is 149 Å². The third kappa shape index (κ3) is 4.81. The normalized spacial score (nSPS) is 21.3. The van der Waals surface area contributed by atoms with Crippen LogP contribution in [0.15, 0.2) is 24.3 Å². The molecule has 6 heteroatoms. The Balaban J connectivity index is 1.67. The van der Waals surface area contributed by atoms with Crippen LogP contribution in [0.4, 0.5) is 4.39 Å². The molecule has 0 spiro atoms. The number of carbonyl (C=O) groups excluding carboxylic acids is 1. The highest BCUT2D eigenvalue weighted by atomic mass is 32.2. The Morgan fingerprint density at radius 1 is 1.12 bits per heavy atom. The number of rotatable bonds is 5. The summed E-state index contributed by atoms with van der Waals surface area (Å²) in [6, 6.07) is 6.77. The van der Waals surface area contributed by atoms with Crippen LogP contribution in [0.25, 0.3) is 0 Å². The van der Waals surface area contributed by atoms with E-state index >= 15 is 0 Å². The molecular formula is C19H26FNO3S. The smallest absolute Gasteiger partial charge is 0.226 e. The summed E-state index contributed by atoms with van der Waals surface area (Å²) in [5, 5.41) is 0. The molecule has 1 aliphatic heterocycles. The van der Waals surface area contributed by atoms with E-state index in [1.165, 1.54) is 12.1 Å². The van der Waals surface area contributed by atoms with Gasteiger partial charge in [-0.25, -0.2) is 12.8 Å². The number of hydrogen-bond acceptors (Lipinski definition) is 3. The highest BCUT2D eigenvalue weighted by Crippen LogP contribution is 2.28. The van der Waals surface area contributed by atoms with E-state index in [1.807, 2.05) is 11.0 Å². The average molecular weight is 367 g/mol. The second-order valence-corrected chi connectivity index (χ2v) is 9.58. The zero-order valence-electron chi connectivity index (χ0n) is 14.5. The molecule has 25 heavy (non-hydrogen) atoms. The Morgan fingerprint density at radius 2 is 1.80 bits per heavy atom. The van der Waals surface area contributed by atoms with Crippen molar-refractivity contribution in [1.82, 2.24) is 4.90 Å². The van der Waals surface area contributed by atoms with Gasteiger partial charge in [-0.15, -0.1) is 0 Å². The maximum Gasteiger partial charge on any atom is 0.226 e. The van der Waals surface area contributed by atoms with Gasteiger partial charge in [0.15, 0.2) is 0 Å². The molecule has 0 N–H and O–H groups in total. The summed E-state index contributed by atoms with van der Waals surface area (Å²) in [5.74, 6) is -0.110. The molecule has 0 atom stereocenters. The molecule has 1 aromatic carbocycles. The van der Waals surface area contributed by atoms with E-state index in [9.17, 15) is 17.6 Å². The molecular weight excluding hydrogens is 341 g/mol. The molecule has 4 nitrogen and oxygen atoms in total. The van der Waals surface area contributed by atoms with Crippen molar-refractivity contribution in [2.75, 3.05) is 18.1 Å². The first-order chi connectivity index (χ1) is 11.9. The van der Waals surface area contributed by atoms with Crippen LogP contribution < -0.4 is 0 Å². The summed E-state index contributed by atoms with van der Waals surface area (Å²) >= 11 is 0. The van der Waals surface area contributed by atoms with Crippen LogP contribution in [-0.4, -0.2) is 43.3 Å². The summed E-state index contributed by atoms with van der Waals surface area (Å²) in [6.07, 6.45) is 5.79. The summed E-state index contributed by atoms with van der Waals surface area (Å²) in [4.78, 5) is 15.0. The topological polar surface area (TPSA) is 54.5 Å². The monoisotopic (exact) mass is 367 g/mol. The van der Waals surface area contributed by atoms with E-state index < -0.39 is 9.84 Å². The minimum atomic E-state index is -2.97. The summed E-state index contributed by atoms with van der Waals surface area (Å²) in [6.45, 7) is 0.580. The van der Waals surface area contributed by atoms with Gasteiger partial charge in [-0.1, -0.05) is 25.0 Å². The van der Waals surface area contributed by atoms with Gasteiger partial charge in [-0.05, 0) is 49.8 Å². The number of halogens is 1. The van der Waals surface area contributed by atoms with E-state index in [0.717, 1.165) is 31.2 Å². The number of hydrogen-bond donors (Lipinski definition) is 0. The molecule has 2 fully saturated rings. The minimum Gasteiger partial charge on any atom is -0.339 e. The van der Waals surface area contributed by atoms with Gasteiger partial charge in [0.25, 0.3) is 0 Å². The Bertz CT molecular complexity index is 699. The van der Waals surface area contributed by atoms with Gasteiger partial charge in [0, 0.05) is 18.5 Å². The third-order valence-corrected chi connectivity index (χ3v) is 7.20. The zero-order chi connectivity index (χ0) is 17.9. The van der Waals surface area contributed by atoms with Crippen LogP contribution in [0.2, 0.25) is 0 Å². The lowest BCUT2D eigenvalue weighted by Crippen LogP contribution is -2.45. The van der Waals surface area contributed by atoms with Gasteiger partial charge >= 0.3 is 0 Å². The second kappa shape index (κ2) is 7.85. The fourth-order valence-corrected chi connectivity index (χ4v) is 5.49. The second-order valence-electron chi connectivity index (χ2n) is 7.28. The number of amides is 1. The van der Waals surface area contributed by atoms with Crippen molar-refractivity contribution >= 4 is 15.7 Å². The van der Waals surface area contributed by atoms with Crippen molar-refractivity contribution in [3.05, 3.63) is 35.6 Å². The van der Waals surface area contributed by atoms with E-state index in [0.29, 0.717) is 25.8 Å². The Kier molecular flexibility index (Phi) is 5.77. The molecule has 138 valence electrons. The van der Waals surface area contributed by atoms with E-state index in [1.54, 1.807) is 6.07 Å². The summed E-state index contributed by atoms with van der Waals surface area (Å²) < 4.78 is 36.6. The van der Waals surface area contributed by atoms with Crippen molar-refractivity contribution in [3.8, 4) is 0 Å². The fraction of sp³-hybridized carbons (Fsp3) is 0.632. The van der Waals surface area contributed by atoms with Crippen LogP contribution >= 0.6 is 0 Å². The first-order valence-corrected chi connectivity index (χ1v) is 11.0. The third-order valence-electron chi connectivity index (χ3n) is 5.48. The van der Waals surface area contributed by atoms with Gasteiger partial charge in [0.05, 0.1) is 11.5 Å². The largest absolute Gasteiger partial charge is 0.339 e. The maximum atomic E-state index is 13.4. The first-order valence-electron chi connectivity index (χ1n) is 9.20. The van der Waals surface area contributed by atoms with Crippen molar-refractivity contribution < 1.29 is 17.6 Å². The number of benzene rings is 1. The maximum absolute atomic E-state index is 13.4. The quantitative estimate of drug-likeness (QED) is 0.804. The molecule has 0 unspecified atom stereocenters. The first kappa shape index (κ1) is 18.4. The SMILES string of the molecule is O=C(C1CCS(=O)(=O)CC1)N(CCc1cccc(F)c1)C1CCCC1. The van der Waals surface area contributed by atoms with Crippen LogP contribution in [0, 0.1) is 11.7 Å². The molecule has 1 aliphatic carbocycles. The lowest BCUT2D eigenvalue weighted by atomic mass is 9.99. The van der Waals surface area contributed by atoms with Crippen LogP contribution in [-0.2, 0) is 21.1 Å². The fourth-order valence-electron chi connectivity index (χ4n) is 4.00. The van der Waals surface area contributed by atoms with Crippen LogP contribution in [0.1, 0.15) is 44.1 Å². The number of sulfone groups is 1. The predicted octanol–water partition coefficient (Wildman–Crippen LogP) is 2.96. The van der Waals surface area contributed by atoms with E-state index in [-0.39, 0.29) is 35.2 Å². The summed E-state index contributed by atoms with van der Waals surface area (Å²) in [5.41, 5.74) is 0.891. The molecule has 0 bridgehead atoms. The van der Waals surface area contributed by atoms with Crippen molar-refractivity contribution in [3.63, 3.8) is 0 Å². The molecule has 0 aromatic heterocycles. The van der Waals surface area contributed by atoms with Crippen molar-refractivity contribution in [2.45, 2.75) is 51.0 Å². The Morgan fingerprint density at radius 3 is 2.44 bits per heavy atom. The lowest BCUT2D eigenvalue weighted by molar-refractivity contribution is -0.138. The van der Waals surface area contributed by atoms with Crippen molar-refractivity contribution in [1.29, 1.82) is 0 Å². The van der Waals surface area contributed by atoms with Crippen molar-refractivity contribution in [2.24, 2.45) is 5.92 Å². The van der Waals surface area contributed by atoms with E-state index in [4.69, 9.17) is 0 Å². The van der Waals surface area contributed by atoms with Gasteiger partial charge in [-0.2, -0.15) is 0 Å². The zero-order valence-corrected chi connectivity index (χ0v) is 15.3. The molecule has 3 rings (SSSR count). The molecule has 1 saturated heterocycles. The molecule has 0 radical (unpaired) electrons. The van der Waals surface area contributed by atoms with Gasteiger partial charge in [-0.3, -0.25) is 4.79 Å². The Hall–Kier alpha value is -1.43. The van der Waals surface area contributed by atoms with Gasteiger partial charge < -0.3 is 4.90 Å². The molecule has 1 aromatic rings. The minimum absolute atomic E-state index is 0.0956. The molecule has 1 heterocycles. The highest BCUT2D eigenvalue weighted by molar-refractivity contribution is 7.91. The van der Waals surface area contributed by atoms with Gasteiger partial charge in [0.2, 0.25) is 5.91 Å². The highest BCUT2D eigenvalue weighted by Gasteiger charge is 2.34. The average Bonchev–Trinajstić information content (AvgIpc) is 3.09. The number of carbonyl (C=O) groups is 1. The van der Waals surface area contributed by atoms with E-state index in [2.05, 4.69) is 0 Å². The standard InChI is InChI=1S/C19H26FNO3S/c20-17-5-3-4-15(14-17)8-11-21(18-6-1-2-7-18)19(22)16-9-12-25(23,24)13-10-16/h3-5,14,16,18H,1-2,6-13H2. The molecule has 1 saturated carbocycles. The van der Waals surface area contributed by atoms with Crippen LogP contribution in [0.3, 0.4) is 0 Å². The number of nitrogens with zero attached hydrogens (tertiary/aromatic N) is 1. The predicted molar refractivity (Wildman–Crippen MR) is 95.5 cm³/mol. The molecule has 1 amide bonds.